The molecule has 1 aliphatic heterocycles. The summed E-state index contributed by atoms with van der Waals surface area (Å²) in [5.74, 6) is 1.02. The molecule has 4 heteroatoms. The number of carbonyl (C=O) groups excluding carboxylic acids is 1. The highest BCUT2D eigenvalue weighted by Gasteiger charge is 2.23. The van der Waals surface area contributed by atoms with Crippen molar-refractivity contribution >= 4 is 5.91 Å². The summed E-state index contributed by atoms with van der Waals surface area (Å²) in [4.78, 5) is 14.9. The summed E-state index contributed by atoms with van der Waals surface area (Å²) in [5.41, 5.74) is 2.45. The zero-order valence-electron chi connectivity index (χ0n) is 16.9. The van der Waals surface area contributed by atoms with Crippen LogP contribution in [-0.4, -0.2) is 37.0 Å². The first-order valence-electron chi connectivity index (χ1n) is 10.5. The summed E-state index contributed by atoms with van der Waals surface area (Å²) in [5, 5.41) is 3.18. The standard InChI is InChI=1S/C24H32N2O2/c1-2-28-22-14-12-21(13-15-22)23(26-17-7-4-8-18-26)19-25-24(27)16-11-20-9-5-3-6-10-20/h3,5-6,9-10,12-15,23H,2,4,7-8,11,16-19H2,1H3,(H,25,27). The molecule has 0 bridgehead atoms. The topological polar surface area (TPSA) is 41.6 Å². The summed E-state index contributed by atoms with van der Waals surface area (Å²) in [6.45, 7) is 5.51. The third-order valence-electron chi connectivity index (χ3n) is 5.38. The normalized spacial score (nSPS) is 15.8. The molecule has 0 spiro atoms. The van der Waals surface area contributed by atoms with Gasteiger partial charge in [0.25, 0.3) is 0 Å². The lowest BCUT2D eigenvalue weighted by Gasteiger charge is -2.35. The first kappa shape index (κ1) is 20.4. The van der Waals surface area contributed by atoms with Crippen molar-refractivity contribution < 1.29 is 9.53 Å². The van der Waals surface area contributed by atoms with E-state index in [0.717, 1.165) is 25.3 Å². The number of likely N-dealkylation sites (tertiary alicyclic amines) is 1. The molecule has 0 radical (unpaired) electrons. The fourth-order valence-corrected chi connectivity index (χ4v) is 3.84. The minimum Gasteiger partial charge on any atom is -0.494 e. The van der Waals surface area contributed by atoms with Gasteiger partial charge in [0.2, 0.25) is 5.91 Å². The van der Waals surface area contributed by atoms with E-state index < -0.39 is 0 Å². The number of carbonyl (C=O) groups is 1. The van der Waals surface area contributed by atoms with Crippen LogP contribution in [0.25, 0.3) is 0 Å². The zero-order chi connectivity index (χ0) is 19.6. The Morgan fingerprint density at radius 3 is 2.43 bits per heavy atom. The molecule has 28 heavy (non-hydrogen) atoms. The average Bonchev–Trinajstić information content (AvgIpc) is 2.75. The molecule has 1 saturated heterocycles. The quantitative estimate of drug-likeness (QED) is 0.703. The molecule has 1 aliphatic rings. The van der Waals surface area contributed by atoms with Gasteiger partial charge in [0.1, 0.15) is 5.75 Å². The van der Waals surface area contributed by atoms with Crippen LogP contribution >= 0.6 is 0 Å². The highest BCUT2D eigenvalue weighted by atomic mass is 16.5. The molecule has 3 rings (SSSR count). The average molecular weight is 381 g/mol. The van der Waals surface area contributed by atoms with Crippen LogP contribution in [0.1, 0.15) is 49.8 Å². The van der Waals surface area contributed by atoms with Crippen LogP contribution in [0.5, 0.6) is 5.75 Å². The first-order valence-corrected chi connectivity index (χ1v) is 10.5. The first-order chi connectivity index (χ1) is 13.8. The summed E-state index contributed by atoms with van der Waals surface area (Å²) in [7, 11) is 0. The van der Waals surface area contributed by atoms with Gasteiger partial charge in [-0.15, -0.1) is 0 Å². The van der Waals surface area contributed by atoms with Crippen LogP contribution in [0, 0.1) is 0 Å². The van der Waals surface area contributed by atoms with Crippen molar-refractivity contribution in [1.82, 2.24) is 10.2 Å². The molecule has 150 valence electrons. The molecule has 0 saturated carbocycles. The molecule has 0 aliphatic carbocycles. The smallest absolute Gasteiger partial charge is 0.220 e. The number of hydrogen-bond acceptors (Lipinski definition) is 3. The van der Waals surface area contributed by atoms with Crippen LogP contribution in [0.15, 0.2) is 54.6 Å². The second kappa shape index (κ2) is 10.9. The van der Waals surface area contributed by atoms with Crippen LogP contribution in [0.2, 0.25) is 0 Å². The molecule has 1 atom stereocenters. The summed E-state index contributed by atoms with van der Waals surface area (Å²) < 4.78 is 5.57. The van der Waals surface area contributed by atoms with Crippen molar-refractivity contribution in [3.05, 3.63) is 65.7 Å². The van der Waals surface area contributed by atoms with Crippen molar-refractivity contribution in [1.29, 1.82) is 0 Å². The Labute approximate surface area is 168 Å². The Hall–Kier alpha value is -2.33. The second-order valence-corrected chi connectivity index (χ2v) is 7.40. The molecule has 2 aromatic rings. The van der Waals surface area contributed by atoms with E-state index in [1.54, 1.807) is 0 Å². The van der Waals surface area contributed by atoms with E-state index in [2.05, 4.69) is 34.5 Å². The molecule has 1 fully saturated rings. The van der Waals surface area contributed by atoms with Crippen LogP contribution in [0.4, 0.5) is 0 Å². The Bertz CT molecular complexity index is 709. The van der Waals surface area contributed by atoms with Gasteiger partial charge in [-0.05, 0) is 62.5 Å². The van der Waals surface area contributed by atoms with Crippen LogP contribution in [0.3, 0.4) is 0 Å². The maximum atomic E-state index is 12.4. The number of rotatable bonds is 9. The lowest BCUT2D eigenvalue weighted by Crippen LogP contribution is -2.40. The van der Waals surface area contributed by atoms with E-state index in [1.807, 2.05) is 37.3 Å². The SMILES string of the molecule is CCOc1ccc(C(CNC(=O)CCc2ccccc2)N2CCCCC2)cc1. The van der Waals surface area contributed by atoms with Gasteiger partial charge in [0.15, 0.2) is 0 Å². The monoisotopic (exact) mass is 380 g/mol. The van der Waals surface area contributed by atoms with E-state index >= 15 is 0 Å². The van der Waals surface area contributed by atoms with Gasteiger partial charge in [0.05, 0.1) is 12.6 Å². The number of aryl methyl sites for hydroxylation is 1. The van der Waals surface area contributed by atoms with Crippen molar-refractivity contribution in [2.24, 2.45) is 0 Å². The number of nitrogens with zero attached hydrogens (tertiary/aromatic N) is 1. The summed E-state index contributed by atoms with van der Waals surface area (Å²) in [6.07, 6.45) is 5.07. The summed E-state index contributed by atoms with van der Waals surface area (Å²) >= 11 is 0. The van der Waals surface area contributed by atoms with E-state index in [1.165, 1.54) is 30.4 Å². The molecule has 4 nitrogen and oxygen atoms in total. The third kappa shape index (κ3) is 6.10. The highest BCUT2D eigenvalue weighted by Crippen LogP contribution is 2.26. The van der Waals surface area contributed by atoms with Crippen molar-refractivity contribution in [2.75, 3.05) is 26.2 Å². The largest absolute Gasteiger partial charge is 0.494 e. The maximum absolute atomic E-state index is 12.4. The van der Waals surface area contributed by atoms with E-state index in [9.17, 15) is 4.79 Å². The Balaban J connectivity index is 1.59. The summed E-state index contributed by atoms with van der Waals surface area (Å²) in [6, 6.07) is 18.8. The number of amides is 1. The van der Waals surface area contributed by atoms with Crippen molar-refractivity contribution in [3.63, 3.8) is 0 Å². The minimum atomic E-state index is 0.122. The molecule has 1 unspecified atom stereocenters. The van der Waals surface area contributed by atoms with Crippen molar-refractivity contribution in [2.45, 2.75) is 45.1 Å². The van der Waals surface area contributed by atoms with Crippen LogP contribution < -0.4 is 10.1 Å². The molecule has 2 aromatic carbocycles. The van der Waals surface area contributed by atoms with Gasteiger partial charge in [0, 0.05) is 13.0 Å². The van der Waals surface area contributed by atoms with E-state index in [0.29, 0.717) is 19.6 Å². The Kier molecular flexibility index (Phi) is 7.92. The fraction of sp³-hybridized carbons (Fsp3) is 0.458. The lowest BCUT2D eigenvalue weighted by atomic mass is 10.0. The molecule has 1 amide bonds. The number of hydrogen-bond donors (Lipinski definition) is 1. The molecular weight excluding hydrogens is 348 g/mol. The second-order valence-electron chi connectivity index (χ2n) is 7.40. The van der Waals surface area contributed by atoms with Crippen LogP contribution in [-0.2, 0) is 11.2 Å². The van der Waals surface area contributed by atoms with Gasteiger partial charge in [-0.3, -0.25) is 9.69 Å². The fourth-order valence-electron chi connectivity index (χ4n) is 3.84. The molecular formula is C24H32N2O2. The van der Waals surface area contributed by atoms with Gasteiger partial charge >= 0.3 is 0 Å². The third-order valence-corrected chi connectivity index (χ3v) is 5.38. The molecule has 1 N–H and O–H groups in total. The van der Waals surface area contributed by atoms with Gasteiger partial charge < -0.3 is 10.1 Å². The predicted octanol–water partition coefficient (Wildman–Crippen LogP) is 4.36. The minimum absolute atomic E-state index is 0.122. The van der Waals surface area contributed by atoms with Gasteiger partial charge in [-0.2, -0.15) is 0 Å². The zero-order valence-corrected chi connectivity index (χ0v) is 16.9. The van der Waals surface area contributed by atoms with E-state index in [-0.39, 0.29) is 11.9 Å². The highest BCUT2D eigenvalue weighted by molar-refractivity contribution is 5.76. The predicted molar refractivity (Wildman–Crippen MR) is 114 cm³/mol. The molecule has 1 heterocycles. The lowest BCUT2D eigenvalue weighted by molar-refractivity contribution is -0.121. The number of benzene rings is 2. The maximum Gasteiger partial charge on any atom is 0.220 e. The van der Waals surface area contributed by atoms with Crippen molar-refractivity contribution in [3.8, 4) is 5.75 Å². The Morgan fingerprint density at radius 2 is 1.75 bits per heavy atom. The van der Waals surface area contributed by atoms with E-state index in [4.69, 9.17) is 4.74 Å². The Morgan fingerprint density at radius 1 is 1.04 bits per heavy atom. The number of ether oxygens (including phenoxy) is 1. The van der Waals surface area contributed by atoms with Gasteiger partial charge in [-0.1, -0.05) is 48.9 Å². The van der Waals surface area contributed by atoms with Gasteiger partial charge in [-0.25, -0.2) is 0 Å². The molecule has 0 aromatic heterocycles. The number of piperidine rings is 1. The number of nitrogens with one attached hydrogen (secondary N) is 1.